The summed E-state index contributed by atoms with van der Waals surface area (Å²) in [4.78, 5) is 0. The van der Waals surface area contributed by atoms with E-state index in [0.29, 0.717) is 0 Å². The lowest BCUT2D eigenvalue weighted by atomic mass is 10.0. The highest BCUT2D eigenvalue weighted by molar-refractivity contribution is 14.1. The van der Waals surface area contributed by atoms with Gasteiger partial charge in [-0.05, 0) is 65.0 Å². The van der Waals surface area contributed by atoms with E-state index in [1.807, 2.05) is 30.3 Å². The van der Waals surface area contributed by atoms with E-state index in [1.54, 1.807) is 0 Å². The Morgan fingerprint density at radius 2 is 2.05 bits per heavy atom. The third-order valence-electron chi connectivity index (χ3n) is 2.99. The monoisotopic (exact) mass is 389 g/mol. The molecule has 0 saturated heterocycles. The van der Waals surface area contributed by atoms with Crippen LogP contribution < -0.4 is 5.32 Å². The lowest BCUT2D eigenvalue weighted by Gasteiger charge is -2.18. The standard InChI is InChI=1S/C15H17ClINO/c1-3-11-6-8-14(19-11)15(18-4-2)12-9-10(16)5-7-13(12)17/h5-9,15,18H,3-4H2,1-2H3. The summed E-state index contributed by atoms with van der Waals surface area (Å²) in [5.41, 5.74) is 1.16. The molecule has 1 aromatic heterocycles. The fraction of sp³-hybridized carbons (Fsp3) is 0.333. The number of aryl methyl sites for hydroxylation is 1. The highest BCUT2D eigenvalue weighted by atomic mass is 127. The molecule has 0 aliphatic rings. The largest absolute Gasteiger partial charge is 0.464 e. The van der Waals surface area contributed by atoms with E-state index in [4.69, 9.17) is 16.0 Å². The summed E-state index contributed by atoms with van der Waals surface area (Å²) in [5.74, 6) is 1.95. The zero-order valence-corrected chi connectivity index (χ0v) is 14.0. The van der Waals surface area contributed by atoms with Crippen molar-refractivity contribution in [3.8, 4) is 0 Å². The van der Waals surface area contributed by atoms with Crippen LogP contribution in [0.1, 0.15) is 37.0 Å². The van der Waals surface area contributed by atoms with Crippen molar-refractivity contribution in [1.29, 1.82) is 0 Å². The van der Waals surface area contributed by atoms with Crippen molar-refractivity contribution in [3.05, 3.63) is 56.0 Å². The van der Waals surface area contributed by atoms with Crippen LogP contribution in [0, 0.1) is 3.57 Å². The summed E-state index contributed by atoms with van der Waals surface area (Å²) >= 11 is 8.45. The zero-order chi connectivity index (χ0) is 13.8. The zero-order valence-electron chi connectivity index (χ0n) is 11.0. The molecule has 0 fully saturated rings. The van der Waals surface area contributed by atoms with Gasteiger partial charge >= 0.3 is 0 Å². The van der Waals surface area contributed by atoms with Gasteiger partial charge in [-0.1, -0.05) is 25.4 Å². The number of benzene rings is 1. The second-order valence-corrected chi connectivity index (χ2v) is 5.91. The number of halogens is 2. The van der Waals surface area contributed by atoms with Crippen LogP contribution in [0.4, 0.5) is 0 Å². The summed E-state index contributed by atoms with van der Waals surface area (Å²) in [5, 5.41) is 4.21. The molecule has 0 aliphatic carbocycles. The van der Waals surface area contributed by atoms with Crippen molar-refractivity contribution < 1.29 is 4.42 Å². The first-order chi connectivity index (χ1) is 9.15. The minimum Gasteiger partial charge on any atom is -0.464 e. The molecule has 0 saturated carbocycles. The molecule has 0 aliphatic heterocycles. The molecule has 2 rings (SSSR count). The van der Waals surface area contributed by atoms with Gasteiger partial charge in [-0.25, -0.2) is 0 Å². The van der Waals surface area contributed by atoms with Crippen LogP contribution in [0.5, 0.6) is 0 Å². The number of nitrogens with one attached hydrogen (secondary N) is 1. The first-order valence-corrected chi connectivity index (χ1v) is 7.88. The Bertz CT molecular complexity index is 553. The molecule has 19 heavy (non-hydrogen) atoms. The summed E-state index contributed by atoms with van der Waals surface area (Å²) in [6, 6.07) is 10.1. The van der Waals surface area contributed by atoms with Crippen LogP contribution >= 0.6 is 34.2 Å². The predicted molar refractivity (Wildman–Crippen MR) is 87.8 cm³/mol. The van der Waals surface area contributed by atoms with E-state index < -0.39 is 0 Å². The van der Waals surface area contributed by atoms with E-state index in [1.165, 1.54) is 3.57 Å². The van der Waals surface area contributed by atoms with Gasteiger partial charge in [0.25, 0.3) is 0 Å². The third-order valence-corrected chi connectivity index (χ3v) is 4.21. The molecule has 2 nitrogen and oxygen atoms in total. The van der Waals surface area contributed by atoms with Crippen molar-refractivity contribution in [2.75, 3.05) is 6.54 Å². The topological polar surface area (TPSA) is 25.2 Å². The fourth-order valence-corrected chi connectivity index (χ4v) is 2.87. The van der Waals surface area contributed by atoms with Crippen molar-refractivity contribution in [2.45, 2.75) is 26.3 Å². The van der Waals surface area contributed by atoms with Crippen molar-refractivity contribution in [1.82, 2.24) is 5.32 Å². The second-order valence-electron chi connectivity index (χ2n) is 4.31. The first-order valence-electron chi connectivity index (χ1n) is 6.42. The number of furan rings is 1. The van der Waals surface area contributed by atoms with Crippen molar-refractivity contribution in [3.63, 3.8) is 0 Å². The lowest BCUT2D eigenvalue weighted by Crippen LogP contribution is -2.22. The highest BCUT2D eigenvalue weighted by Crippen LogP contribution is 2.29. The molecule has 0 amide bonds. The third kappa shape index (κ3) is 3.52. The molecule has 0 bridgehead atoms. The smallest absolute Gasteiger partial charge is 0.125 e. The van der Waals surface area contributed by atoms with Gasteiger partial charge in [-0.2, -0.15) is 0 Å². The van der Waals surface area contributed by atoms with Gasteiger partial charge in [-0.15, -0.1) is 0 Å². The number of hydrogen-bond donors (Lipinski definition) is 1. The SMILES string of the molecule is CCNC(c1ccc(CC)o1)c1cc(Cl)ccc1I. The maximum atomic E-state index is 6.12. The Hall–Kier alpha value is -0.520. The minimum atomic E-state index is 0.0518. The molecule has 1 atom stereocenters. The van der Waals surface area contributed by atoms with E-state index in [9.17, 15) is 0 Å². The molecule has 1 heterocycles. The Morgan fingerprint density at radius 3 is 2.68 bits per heavy atom. The molecular weight excluding hydrogens is 373 g/mol. The number of hydrogen-bond acceptors (Lipinski definition) is 2. The Morgan fingerprint density at radius 1 is 1.26 bits per heavy atom. The lowest BCUT2D eigenvalue weighted by molar-refractivity contribution is 0.425. The van der Waals surface area contributed by atoms with Crippen LogP contribution in [0.25, 0.3) is 0 Å². The van der Waals surface area contributed by atoms with E-state index in [2.05, 4.69) is 41.8 Å². The van der Waals surface area contributed by atoms with Gasteiger partial charge in [0.1, 0.15) is 11.5 Å². The van der Waals surface area contributed by atoms with Crippen LogP contribution in [0.3, 0.4) is 0 Å². The quantitative estimate of drug-likeness (QED) is 0.743. The van der Waals surface area contributed by atoms with Gasteiger partial charge in [-0.3, -0.25) is 0 Å². The number of rotatable bonds is 5. The van der Waals surface area contributed by atoms with Gasteiger partial charge in [0.05, 0.1) is 6.04 Å². The second kappa shape index (κ2) is 6.77. The molecular formula is C15H17ClINO. The van der Waals surface area contributed by atoms with E-state index >= 15 is 0 Å². The fourth-order valence-electron chi connectivity index (χ4n) is 2.04. The van der Waals surface area contributed by atoms with Crippen LogP contribution in [0.2, 0.25) is 5.02 Å². The predicted octanol–water partition coefficient (Wildman–Crippen LogP) is 4.80. The Labute approximate surface area is 132 Å². The van der Waals surface area contributed by atoms with E-state index in [-0.39, 0.29) is 6.04 Å². The van der Waals surface area contributed by atoms with Crippen LogP contribution in [-0.4, -0.2) is 6.54 Å². The minimum absolute atomic E-state index is 0.0518. The summed E-state index contributed by atoms with van der Waals surface area (Å²) in [6.45, 7) is 5.05. The molecule has 0 spiro atoms. The summed E-state index contributed by atoms with van der Waals surface area (Å²) < 4.78 is 7.07. The first kappa shape index (κ1) is 14.9. The molecule has 1 aromatic carbocycles. The molecule has 1 N–H and O–H groups in total. The molecule has 2 aromatic rings. The summed E-state index contributed by atoms with van der Waals surface area (Å²) in [6.07, 6.45) is 0.908. The molecule has 0 radical (unpaired) electrons. The van der Waals surface area contributed by atoms with Gasteiger partial charge in [0.15, 0.2) is 0 Å². The maximum Gasteiger partial charge on any atom is 0.125 e. The normalized spacial score (nSPS) is 12.6. The Balaban J connectivity index is 2.41. The van der Waals surface area contributed by atoms with Crippen molar-refractivity contribution >= 4 is 34.2 Å². The molecule has 102 valence electrons. The van der Waals surface area contributed by atoms with Crippen LogP contribution in [0.15, 0.2) is 34.7 Å². The average molecular weight is 390 g/mol. The van der Waals surface area contributed by atoms with Gasteiger partial charge in [0, 0.05) is 15.0 Å². The average Bonchev–Trinajstić information content (AvgIpc) is 2.88. The van der Waals surface area contributed by atoms with Crippen LogP contribution in [-0.2, 0) is 6.42 Å². The highest BCUT2D eigenvalue weighted by Gasteiger charge is 2.19. The van der Waals surface area contributed by atoms with Crippen molar-refractivity contribution in [2.24, 2.45) is 0 Å². The van der Waals surface area contributed by atoms with E-state index in [0.717, 1.165) is 35.1 Å². The van der Waals surface area contributed by atoms with Gasteiger partial charge < -0.3 is 9.73 Å². The van der Waals surface area contributed by atoms with Gasteiger partial charge in [0.2, 0.25) is 0 Å². The maximum absolute atomic E-state index is 6.12. The molecule has 1 unspecified atom stereocenters. The molecule has 4 heteroatoms. The summed E-state index contributed by atoms with van der Waals surface area (Å²) in [7, 11) is 0. The Kier molecular flexibility index (Phi) is 5.30.